The van der Waals surface area contributed by atoms with Gasteiger partial charge in [0, 0.05) is 26.2 Å². The maximum absolute atomic E-state index is 12.8. The van der Waals surface area contributed by atoms with Crippen molar-refractivity contribution in [3.63, 3.8) is 0 Å². The van der Waals surface area contributed by atoms with Crippen molar-refractivity contribution in [2.45, 2.75) is 37.6 Å². The molecule has 1 unspecified atom stereocenters. The topological polar surface area (TPSA) is 110 Å². The van der Waals surface area contributed by atoms with Crippen molar-refractivity contribution in [1.82, 2.24) is 9.21 Å². The van der Waals surface area contributed by atoms with Crippen LogP contribution < -0.4 is 5.73 Å². The minimum Gasteiger partial charge on any atom is -0.462 e. The number of amides is 1. The van der Waals surface area contributed by atoms with E-state index in [2.05, 4.69) is 0 Å². The zero-order chi connectivity index (χ0) is 20.0. The lowest BCUT2D eigenvalue weighted by Crippen LogP contribution is -2.54. The van der Waals surface area contributed by atoms with Gasteiger partial charge in [-0.1, -0.05) is 13.3 Å². The van der Waals surface area contributed by atoms with Gasteiger partial charge in [0.25, 0.3) is 0 Å². The normalized spacial score (nSPS) is 16.2. The average Bonchev–Trinajstić information content (AvgIpc) is 2.68. The van der Waals surface area contributed by atoms with Crippen molar-refractivity contribution >= 4 is 34.3 Å². The summed E-state index contributed by atoms with van der Waals surface area (Å²) in [5.41, 5.74) is 6.17. The molecule has 158 valence electrons. The number of hydrogen-bond acceptors (Lipinski definition) is 6. The molecule has 10 heteroatoms. The Labute approximate surface area is 172 Å². The van der Waals surface area contributed by atoms with E-state index in [9.17, 15) is 18.0 Å². The van der Waals surface area contributed by atoms with E-state index in [0.717, 1.165) is 6.42 Å². The summed E-state index contributed by atoms with van der Waals surface area (Å²) in [6, 6.07) is 5.14. The quantitative estimate of drug-likeness (QED) is 0.648. The Morgan fingerprint density at radius 1 is 1.11 bits per heavy atom. The Morgan fingerprint density at radius 2 is 1.68 bits per heavy atom. The summed E-state index contributed by atoms with van der Waals surface area (Å²) in [5.74, 6) is -0.621. The molecule has 1 atom stereocenters. The second kappa shape index (κ2) is 10.8. The number of esters is 1. The molecule has 1 amide bonds. The first-order valence-electron chi connectivity index (χ1n) is 9.13. The maximum Gasteiger partial charge on any atom is 0.338 e. The van der Waals surface area contributed by atoms with Crippen LogP contribution in [0.4, 0.5) is 0 Å². The van der Waals surface area contributed by atoms with Gasteiger partial charge < -0.3 is 15.4 Å². The number of benzene rings is 1. The number of halogens is 1. The van der Waals surface area contributed by atoms with Crippen LogP contribution in [0.25, 0.3) is 0 Å². The third-order valence-electron chi connectivity index (χ3n) is 4.47. The van der Waals surface area contributed by atoms with Gasteiger partial charge in [0.15, 0.2) is 0 Å². The van der Waals surface area contributed by atoms with E-state index in [-0.39, 0.29) is 42.9 Å². The van der Waals surface area contributed by atoms with Crippen molar-refractivity contribution in [2.75, 3.05) is 32.8 Å². The zero-order valence-electron chi connectivity index (χ0n) is 16.2. The zero-order valence-corrected chi connectivity index (χ0v) is 17.8. The molecule has 0 bridgehead atoms. The second-order valence-electron chi connectivity index (χ2n) is 6.37. The third kappa shape index (κ3) is 5.66. The number of sulfonamides is 1. The average molecular weight is 434 g/mol. The van der Waals surface area contributed by atoms with E-state index in [1.54, 1.807) is 11.8 Å². The van der Waals surface area contributed by atoms with Gasteiger partial charge in [0.2, 0.25) is 15.9 Å². The molecule has 0 aromatic heterocycles. The van der Waals surface area contributed by atoms with Crippen LogP contribution in [0.5, 0.6) is 0 Å². The smallest absolute Gasteiger partial charge is 0.338 e. The van der Waals surface area contributed by atoms with Crippen LogP contribution in [0.1, 0.15) is 37.0 Å². The summed E-state index contributed by atoms with van der Waals surface area (Å²) in [7, 11) is -3.68. The van der Waals surface area contributed by atoms with E-state index in [1.807, 2.05) is 6.92 Å². The third-order valence-corrected chi connectivity index (χ3v) is 6.38. The van der Waals surface area contributed by atoms with Crippen LogP contribution in [0, 0.1) is 0 Å². The highest BCUT2D eigenvalue weighted by molar-refractivity contribution is 7.89. The molecule has 0 aliphatic carbocycles. The standard InChI is InChI=1S/C18H27N3O5S.ClH/c1-3-5-16(19)17(22)20-10-12-21(13-11-20)27(24,25)15-8-6-14(7-9-15)18(23)26-4-2;/h6-9,16H,3-5,10-13,19H2,1-2H3;1H. The molecule has 8 nitrogen and oxygen atoms in total. The molecule has 1 aromatic carbocycles. The number of nitrogens with two attached hydrogens (primary N) is 1. The molecule has 1 aromatic rings. The number of carbonyl (C=O) groups excluding carboxylic acids is 2. The number of nitrogens with zero attached hydrogens (tertiary/aromatic N) is 2. The molecule has 2 rings (SSSR count). The molecule has 0 radical (unpaired) electrons. The largest absolute Gasteiger partial charge is 0.462 e. The van der Waals surface area contributed by atoms with Crippen molar-refractivity contribution in [2.24, 2.45) is 5.73 Å². The number of rotatable bonds is 7. The van der Waals surface area contributed by atoms with Crippen molar-refractivity contribution < 1.29 is 22.7 Å². The summed E-state index contributed by atoms with van der Waals surface area (Å²) in [6.45, 7) is 4.98. The van der Waals surface area contributed by atoms with Crippen molar-refractivity contribution in [3.05, 3.63) is 29.8 Å². The molecular formula is C18H28ClN3O5S. The lowest BCUT2D eigenvalue weighted by Gasteiger charge is -2.35. The number of carbonyl (C=O) groups is 2. The number of piperazine rings is 1. The number of ether oxygens (including phenoxy) is 1. The molecular weight excluding hydrogens is 406 g/mol. The first-order valence-corrected chi connectivity index (χ1v) is 10.6. The summed E-state index contributed by atoms with van der Waals surface area (Å²) in [4.78, 5) is 25.7. The van der Waals surface area contributed by atoms with Gasteiger partial charge in [-0.15, -0.1) is 12.4 Å². The van der Waals surface area contributed by atoms with E-state index >= 15 is 0 Å². The highest BCUT2D eigenvalue weighted by Gasteiger charge is 2.31. The molecule has 0 saturated carbocycles. The lowest BCUT2D eigenvalue weighted by atomic mass is 10.1. The molecule has 1 aliphatic rings. The van der Waals surface area contributed by atoms with Gasteiger partial charge in [-0.3, -0.25) is 4.79 Å². The first kappa shape index (κ1) is 24.4. The van der Waals surface area contributed by atoms with Gasteiger partial charge in [-0.05, 0) is 37.6 Å². The summed E-state index contributed by atoms with van der Waals surface area (Å²) in [6.07, 6.45) is 1.44. The highest BCUT2D eigenvalue weighted by atomic mass is 35.5. The van der Waals surface area contributed by atoms with Gasteiger partial charge in [0.05, 0.1) is 23.1 Å². The summed E-state index contributed by atoms with van der Waals surface area (Å²) in [5, 5.41) is 0. The van der Waals surface area contributed by atoms with Crippen LogP contribution in [-0.4, -0.2) is 68.3 Å². The first-order chi connectivity index (χ1) is 12.8. The number of hydrogen-bond donors (Lipinski definition) is 1. The molecule has 1 aliphatic heterocycles. The van der Waals surface area contributed by atoms with Crippen molar-refractivity contribution in [1.29, 1.82) is 0 Å². The summed E-state index contributed by atoms with van der Waals surface area (Å²) >= 11 is 0. The summed E-state index contributed by atoms with van der Waals surface area (Å²) < 4.78 is 31.8. The molecule has 1 fully saturated rings. The van der Waals surface area contributed by atoms with E-state index in [4.69, 9.17) is 10.5 Å². The maximum atomic E-state index is 12.8. The molecule has 1 heterocycles. The minimum atomic E-state index is -3.68. The molecule has 2 N–H and O–H groups in total. The predicted octanol–water partition coefficient (Wildman–Crippen LogP) is 1.25. The molecule has 28 heavy (non-hydrogen) atoms. The highest BCUT2D eigenvalue weighted by Crippen LogP contribution is 2.19. The Bertz CT molecular complexity index is 762. The lowest BCUT2D eigenvalue weighted by molar-refractivity contribution is -0.133. The van der Waals surface area contributed by atoms with Crippen LogP contribution in [-0.2, 0) is 19.6 Å². The van der Waals surface area contributed by atoms with Crippen LogP contribution in [0.15, 0.2) is 29.2 Å². The second-order valence-corrected chi connectivity index (χ2v) is 8.31. The van der Waals surface area contributed by atoms with Crippen LogP contribution in [0.2, 0.25) is 0 Å². The monoisotopic (exact) mass is 433 g/mol. The molecule has 0 spiro atoms. The fourth-order valence-corrected chi connectivity index (χ4v) is 4.37. The Kier molecular flexibility index (Phi) is 9.35. The Morgan fingerprint density at radius 3 is 2.18 bits per heavy atom. The van der Waals surface area contributed by atoms with Gasteiger partial charge in [-0.25, -0.2) is 13.2 Å². The van der Waals surface area contributed by atoms with E-state index in [1.165, 1.54) is 28.6 Å². The van der Waals surface area contributed by atoms with E-state index in [0.29, 0.717) is 25.1 Å². The fourth-order valence-electron chi connectivity index (χ4n) is 2.94. The SMILES string of the molecule is CCCC(N)C(=O)N1CCN(S(=O)(=O)c2ccc(C(=O)OCC)cc2)CC1.Cl. The Balaban J connectivity index is 0.00000392. The molecule has 1 saturated heterocycles. The fraction of sp³-hybridized carbons (Fsp3) is 0.556. The van der Waals surface area contributed by atoms with Gasteiger partial charge in [0.1, 0.15) is 0 Å². The van der Waals surface area contributed by atoms with Crippen molar-refractivity contribution in [3.8, 4) is 0 Å². The minimum absolute atomic E-state index is 0. The van der Waals surface area contributed by atoms with Gasteiger partial charge >= 0.3 is 5.97 Å². The van der Waals surface area contributed by atoms with Gasteiger partial charge in [-0.2, -0.15) is 4.31 Å². The van der Waals surface area contributed by atoms with E-state index < -0.39 is 22.0 Å². The van der Waals surface area contributed by atoms with Crippen LogP contribution >= 0.6 is 12.4 Å². The predicted molar refractivity (Wildman–Crippen MR) is 108 cm³/mol. The Hall–Kier alpha value is -1.68. The van der Waals surface area contributed by atoms with Crippen LogP contribution in [0.3, 0.4) is 0 Å².